The highest BCUT2D eigenvalue weighted by atomic mass is 16.5. The summed E-state index contributed by atoms with van der Waals surface area (Å²) in [7, 11) is 0. The van der Waals surface area contributed by atoms with Crippen molar-refractivity contribution in [2.45, 2.75) is 19.4 Å². The minimum atomic E-state index is -0.242. The summed E-state index contributed by atoms with van der Waals surface area (Å²) < 4.78 is 6.05. The first-order valence-electron chi connectivity index (χ1n) is 11.5. The van der Waals surface area contributed by atoms with Gasteiger partial charge in [0.05, 0.1) is 18.1 Å². The molecule has 5 nitrogen and oxygen atoms in total. The molecule has 33 heavy (non-hydrogen) atoms. The number of carbonyl (C=O) groups is 2. The molecule has 1 aliphatic heterocycles. The third-order valence-electron chi connectivity index (χ3n) is 7.19. The molecule has 0 unspecified atom stereocenters. The number of rotatable bonds is 5. The van der Waals surface area contributed by atoms with Crippen molar-refractivity contribution in [1.29, 1.82) is 0 Å². The fraction of sp³-hybridized carbons (Fsp3) is 0.250. The average Bonchev–Trinajstić information content (AvgIpc) is 3.14. The highest BCUT2D eigenvalue weighted by molar-refractivity contribution is 6.06. The molecule has 2 bridgehead atoms. The van der Waals surface area contributed by atoms with Crippen LogP contribution in [0.1, 0.15) is 24.0 Å². The van der Waals surface area contributed by atoms with Crippen LogP contribution in [0.2, 0.25) is 0 Å². The molecule has 3 aromatic carbocycles. The molecule has 3 aliphatic carbocycles. The Balaban J connectivity index is 1.17. The molecule has 3 aromatic rings. The SMILES string of the molecule is O=C1[C@@H]2[C@@H](C(=O)N1/N=C\c1cccc(OCc3cccc4ccccc34)c1)[C@H]1C=C[C@H]2CC1. The Morgan fingerprint density at radius 2 is 1.58 bits per heavy atom. The number of ether oxygens (including phenoxy) is 1. The van der Waals surface area contributed by atoms with Crippen LogP contribution in [-0.2, 0) is 16.2 Å². The van der Waals surface area contributed by atoms with E-state index in [9.17, 15) is 9.59 Å². The van der Waals surface area contributed by atoms with Gasteiger partial charge in [0.2, 0.25) is 0 Å². The number of carbonyl (C=O) groups excluding carboxylic acids is 2. The Morgan fingerprint density at radius 1 is 0.879 bits per heavy atom. The predicted octanol–water partition coefficient (Wildman–Crippen LogP) is 4.95. The molecule has 2 amide bonds. The van der Waals surface area contributed by atoms with Gasteiger partial charge in [-0.3, -0.25) is 9.59 Å². The third-order valence-corrected chi connectivity index (χ3v) is 7.19. The van der Waals surface area contributed by atoms with E-state index in [0.717, 1.165) is 29.0 Å². The summed E-state index contributed by atoms with van der Waals surface area (Å²) in [6.45, 7) is 0.449. The summed E-state index contributed by atoms with van der Waals surface area (Å²) >= 11 is 0. The van der Waals surface area contributed by atoms with Crippen LogP contribution in [0.15, 0.2) is 84.0 Å². The maximum Gasteiger partial charge on any atom is 0.254 e. The number of imide groups is 1. The van der Waals surface area contributed by atoms with E-state index in [1.54, 1.807) is 6.21 Å². The zero-order valence-corrected chi connectivity index (χ0v) is 18.1. The van der Waals surface area contributed by atoms with Gasteiger partial charge in [-0.2, -0.15) is 10.1 Å². The number of hydrazone groups is 1. The summed E-state index contributed by atoms with van der Waals surface area (Å²) in [5.41, 5.74) is 1.90. The minimum absolute atomic E-state index is 0.163. The third kappa shape index (κ3) is 3.44. The van der Waals surface area contributed by atoms with Crippen molar-refractivity contribution in [3.8, 4) is 5.75 Å². The molecule has 1 heterocycles. The summed E-state index contributed by atoms with van der Waals surface area (Å²) in [4.78, 5) is 25.9. The first kappa shape index (κ1) is 19.9. The average molecular weight is 437 g/mol. The van der Waals surface area contributed by atoms with Crippen molar-refractivity contribution >= 4 is 28.8 Å². The fourth-order valence-electron chi connectivity index (χ4n) is 5.56. The summed E-state index contributed by atoms with van der Waals surface area (Å²) in [5.74, 6) is 0.238. The Morgan fingerprint density at radius 3 is 2.33 bits per heavy atom. The predicted molar refractivity (Wildman–Crippen MR) is 127 cm³/mol. The minimum Gasteiger partial charge on any atom is -0.489 e. The number of hydrogen-bond donors (Lipinski definition) is 0. The zero-order chi connectivity index (χ0) is 22.4. The molecule has 164 valence electrons. The lowest BCUT2D eigenvalue weighted by Crippen LogP contribution is -2.38. The van der Waals surface area contributed by atoms with Crippen LogP contribution in [0.3, 0.4) is 0 Å². The quantitative estimate of drug-likeness (QED) is 0.323. The second kappa shape index (κ2) is 8.00. The molecule has 0 spiro atoms. The highest BCUT2D eigenvalue weighted by Gasteiger charge is 2.56. The Kier molecular flexibility index (Phi) is 4.83. The van der Waals surface area contributed by atoms with Gasteiger partial charge >= 0.3 is 0 Å². The van der Waals surface area contributed by atoms with Gasteiger partial charge in [-0.1, -0.05) is 66.7 Å². The monoisotopic (exact) mass is 436 g/mol. The van der Waals surface area contributed by atoms with Gasteiger partial charge in [0.15, 0.2) is 0 Å². The van der Waals surface area contributed by atoms with E-state index >= 15 is 0 Å². The number of amides is 2. The molecular weight excluding hydrogens is 412 g/mol. The van der Waals surface area contributed by atoms with E-state index in [1.165, 1.54) is 10.8 Å². The number of nitrogens with zero attached hydrogens (tertiary/aromatic N) is 2. The molecule has 2 fully saturated rings. The molecule has 5 heteroatoms. The second-order valence-electron chi connectivity index (χ2n) is 9.07. The lowest BCUT2D eigenvalue weighted by molar-refractivity contribution is -0.140. The summed E-state index contributed by atoms with van der Waals surface area (Å²) in [6, 6.07) is 22.0. The van der Waals surface area contributed by atoms with E-state index in [-0.39, 0.29) is 35.5 Å². The normalized spacial score (nSPS) is 25.9. The summed E-state index contributed by atoms with van der Waals surface area (Å²) in [5, 5.41) is 7.76. The van der Waals surface area contributed by atoms with E-state index in [0.29, 0.717) is 12.4 Å². The lowest BCUT2D eigenvalue weighted by Gasteiger charge is -2.37. The molecular formula is C28H24N2O3. The van der Waals surface area contributed by atoms with E-state index < -0.39 is 0 Å². The maximum absolute atomic E-state index is 12.9. The standard InChI is InChI=1S/C28H24N2O3/c31-27-25-20-11-12-21(14-13-20)26(25)28(32)30(27)29-16-18-5-3-9-23(15-18)33-17-22-8-4-7-19-6-1-2-10-24(19)22/h1-12,15-16,20-21,25-26H,13-14,17H2/b29-16-/t20-,21-,25-,26-/m0/s1. The van der Waals surface area contributed by atoms with Crippen LogP contribution in [0.25, 0.3) is 10.8 Å². The Hall–Kier alpha value is -3.73. The molecule has 0 N–H and O–H groups in total. The van der Waals surface area contributed by atoms with Crippen LogP contribution in [0.5, 0.6) is 5.75 Å². The number of allylic oxidation sites excluding steroid dienone is 2. The van der Waals surface area contributed by atoms with E-state index in [4.69, 9.17) is 4.74 Å². The lowest BCUT2D eigenvalue weighted by atomic mass is 9.63. The Bertz CT molecular complexity index is 1270. The largest absolute Gasteiger partial charge is 0.489 e. The van der Waals surface area contributed by atoms with Gasteiger partial charge in [-0.05, 0) is 58.7 Å². The van der Waals surface area contributed by atoms with Crippen molar-refractivity contribution in [3.05, 3.63) is 90.0 Å². The second-order valence-corrected chi connectivity index (χ2v) is 9.07. The van der Waals surface area contributed by atoms with Crippen LogP contribution >= 0.6 is 0 Å². The van der Waals surface area contributed by atoms with Gasteiger partial charge in [0, 0.05) is 0 Å². The topological polar surface area (TPSA) is 59.0 Å². The van der Waals surface area contributed by atoms with Crippen LogP contribution < -0.4 is 4.74 Å². The molecule has 4 aliphatic rings. The fourth-order valence-corrected chi connectivity index (χ4v) is 5.56. The van der Waals surface area contributed by atoms with Crippen molar-refractivity contribution in [2.24, 2.45) is 28.8 Å². The van der Waals surface area contributed by atoms with Crippen LogP contribution in [0.4, 0.5) is 0 Å². The van der Waals surface area contributed by atoms with Gasteiger partial charge in [0.1, 0.15) is 12.4 Å². The van der Waals surface area contributed by atoms with Gasteiger partial charge in [0.25, 0.3) is 11.8 Å². The molecule has 7 rings (SSSR count). The molecule has 1 saturated carbocycles. The van der Waals surface area contributed by atoms with Crippen molar-refractivity contribution in [3.63, 3.8) is 0 Å². The maximum atomic E-state index is 12.9. The molecule has 0 radical (unpaired) electrons. The smallest absolute Gasteiger partial charge is 0.254 e. The van der Waals surface area contributed by atoms with Crippen LogP contribution in [0, 0.1) is 23.7 Å². The van der Waals surface area contributed by atoms with Gasteiger partial charge in [-0.15, -0.1) is 0 Å². The van der Waals surface area contributed by atoms with Gasteiger partial charge in [-0.25, -0.2) is 0 Å². The van der Waals surface area contributed by atoms with Crippen molar-refractivity contribution in [2.75, 3.05) is 0 Å². The zero-order valence-electron chi connectivity index (χ0n) is 18.1. The summed E-state index contributed by atoms with van der Waals surface area (Å²) in [6.07, 6.45) is 7.77. The highest BCUT2D eigenvalue weighted by Crippen LogP contribution is 2.49. The van der Waals surface area contributed by atoms with E-state index in [1.807, 2.05) is 42.5 Å². The molecule has 1 saturated heterocycles. The first-order valence-corrected chi connectivity index (χ1v) is 11.5. The molecule has 0 aromatic heterocycles. The van der Waals surface area contributed by atoms with Crippen molar-refractivity contribution < 1.29 is 14.3 Å². The van der Waals surface area contributed by atoms with Crippen molar-refractivity contribution in [1.82, 2.24) is 5.01 Å². The molecule has 4 atom stereocenters. The van der Waals surface area contributed by atoms with E-state index in [2.05, 4.69) is 41.5 Å². The van der Waals surface area contributed by atoms with Crippen LogP contribution in [-0.4, -0.2) is 23.0 Å². The number of benzene rings is 3. The number of hydrogen-bond acceptors (Lipinski definition) is 4. The first-order chi connectivity index (χ1) is 16.2. The number of fused-ring (bicyclic) bond motifs is 2. The van der Waals surface area contributed by atoms with Gasteiger partial charge < -0.3 is 4.74 Å². The Labute approximate surface area is 192 Å².